The lowest BCUT2D eigenvalue weighted by Crippen LogP contribution is -2.00. The molecule has 1 heterocycles. The summed E-state index contributed by atoms with van der Waals surface area (Å²) in [6, 6.07) is 16.2. The van der Waals surface area contributed by atoms with Crippen LogP contribution in [0.2, 0.25) is 5.02 Å². The Morgan fingerprint density at radius 1 is 1.05 bits per heavy atom. The van der Waals surface area contributed by atoms with Crippen LogP contribution in [0.25, 0.3) is 23.1 Å². The van der Waals surface area contributed by atoms with Gasteiger partial charge in [0.15, 0.2) is 0 Å². The summed E-state index contributed by atoms with van der Waals surface area (Å²) < 4.78 is 0. The Kier molecular flexibility index (Phi) is 3.90. The van der Waals surface area contributed by atoms with Crippen LogP contribution in [0.15, 0.2) is 54.6 Å². The summed E-state index contributed by atoms with van der Waals surface area (Å²) in [5.41, 5.74) is 2.49. The van der Waals surface area contributed by atoms with E-state index in [1.165, 1.54) is 0 Å². The van der Waals surface area contributed by atoms with Crippen molar-refractivity contribution in [2.45, 2.75) is 0 Å². The molecule has 3 nitrogen and oxygen atoms in total. The number of carboxylic acids is 1. The van der Waals surface area contributed by atoms with Gasteiger partial charge in [-0.2, -0.15) is 0 Å². The van der Waals surface area contributed by atoms with Crippen molar-refractivity contribution in [3.05, 3.63) is 76.4 Å². The smallest absolute Gasteiger partial charge is 0.336 e. The third-order valence-corrected chi connectivity index (χ3v) is 3.53. The molecule has 2 aromatic carbocycles. The normalized spacial score (nSPS) is 11.1. The number of carbonyl (C=O) groups is 1. The minimum Gasteiger partial charge on any atom is -0.478 e. The highest BCUT2D eigenvalue weighted by molar-refractivity contribution is 6.30. The second-order valence-electron chi connectivity index (χ2n) is 4.80. The standard InChI is InChI=1S/C18H12ClNO2/c19-13-8-5-12(6-9-13)7-10-14-11-16(18(21)22)15-3-1-2-4-17(15)20-14/h1-11H,(H,21,22)/b10-7+. The summed E-state index contributed by atoms with van der Waals surface area (Å²) in [5, 5.41) is 10.7. The third kappa shape index (κ3) is 3.00. The minimum absolute atomic E-state index is 0.251. The van der Waals surface area contributed by atoms with Gasteiger partial charge in [-0.25, -0.2) is 9.78 Å². The van der Waals surface area contributed by atoms with Crippen molar-refractivity contribution in [1.29, 1.82) is 0 Å². The minimum atomic E-state index is -0.959. The van der Waals surface area contributed by atoms with Gasteiger partial charge in [-0.15, -0.1) is 0 Å². The molecule has 0 saturated heterocycles. The molecule has 0 aliphatic heterocycles. The molecule has 0 amide bonds. The number of hydrogen-bond acceptors (Lipinski definition) is 2. The SMILES string of the molecule is O=C(O)c1cc(/C=C/c2ccc(Cl)cc2)nc2ccccc12. The lowest BCUT2D eigenvalue weighted by atomic mass is 10.1. The highest BCUT2D eigenvalue weighted by Gasteiger charge is 2.10. The Labute approximate surface area is 132 Å². The zero-order chi connectivity index (χ0) is 15.5. The van der Waals surface area contributed by atoms with Gasteiger partial charge in [0.1, 0.15) is 0 Å². The molecule has 0 fully saturated rings. The van der Waals surface area contributed by atoms with Crippen LogP contribution in [0, 0.1) is 0 Å². The number of nitrogens with zero attached hydrogens (tertiary/aromatic N) is 1. The number of pyridine rings is 1. The molecule has 0 bridgehead atoms. The van der Waals surface area contributed by atoms with Gasteiger partial charge in [0.25, 0.3) is 0 Å². The van der Waals surface area contributed by atoms with Gasteiger partial charge in [-0.05, 0) is 35.9 Å². The Bertz CT molecular complexity index is 870. The maximum Gasteiger partial charge on any atom is 0.336 e. The molecule has 1 aromatic heterocycles. The number of carboxylic acid groups (broad SMARTS) is 1. The number of hydrogen-bond donors (Lipinski definition) is 1. The van der Waals surface area contributed by atoms with E-state index in [2.05, 4.69) is 4.98 Å². The Hall–Kier alpha value is -2.65. The lowest BCUT2D eigenvalue weighted by molar-refractivity contribution is 0.0699. The van der Waals surface area contributed by atoms with E-state index in [4.69, 9.17) is 11.6 Å². The number of para-hydroxylation sites is 1. The summed E-state index contributed by atoms with van der Waals surface area (Å²) in [4.78, 5) is 15.9. The van der Waals surface area contributed by atoms with E-state index in [1.54, 1.807) is 42.5 Å². The highest BCUT2D eigenvalue weighted by atomic mass is 35.5. The second-order valence-corrected chi connectivity index (χ2v) is 5.24. The molecule has 0 aliphatic rings. The summed E-state index contributed by atoms with van der Waals surface area (Å²) in [6.07, 6.45) is 3.67. The number of aromatic carboxylic acids is 1. The number of halogens is 1. The number of rotatable bonds is 3. The van der Waals surface area contributed by atoms with Crippen LogP contribution in [0.4, 0.5) is 0 Å². The summed E-state index contributed by atoms with van der Waals surface area (Å²) in [6.45, 7) is 0. The van der Waals surface area contributed by atoms with Crippen molar-refractivity contribution in [2.75, 3.05) is 0 Å². The van der Waals surface area contributed by atoms with Crippen molar-refractivity contribution in [1.82, 2.24) is 4.98 Å². The van der Waals surface area contributed by atoms with E-state index in [1.807, 2.05) is 24.3 Å². The van der Waals surface area contributed by atoms with Crippen LogP contribution in [0.1, 0.15) is 21.6 Å². The van der Waals surface area contributed by atoms with Crippen molar-refractivity contribution in [3.63, 3.8) is 0 Å². The van der Waals surface area contributed by atoms with E-state index in [-0.39, 0.29) is 5.56 Å². The molecule has 4 heteroatoms. The Morgan fingerprint density at radius 3 is 2.50 bits per heavy atom. The summed E-state index contributed by atoms with van der Waals surface area (Å²) >= 11 is 5.85. The average molecular weight is 310 g/mol. The Morgan fingerprint density at radius 2 is 1.77 bits per heavy atom. The monoisotopic (exact) mass is 309 g/mol. The first-order valence-corrected chi connectivity index (χ1v) is 7.08. The number of benzene rings is 2. The van der Waals surface area contributed by atoms with E-state index in [9.17, 15) is 9.90 Å². The fourth-order valence-electron chi connectivity index (χ4n) is 2.21. The number of fused-ring (bicyclic) bond motifs is 1. The zero-order valence-electron chi connectivity index (χ0n) is 11.5. The first-order valence-electron chi connectivity index (χ1n) is 6.70. The molecule has 108 valence electrons. The summed E-state index contributed by atoms with van der Waals surface area (Å²) in [7, 11) is 0. The first-order chi connectivity index (χ1) is 10.6. The second kappa shape index (κ2) is 6.00. The van der Waals surface area contributed by atoms with Crippen LogP contribution in [0.3, 0.4) is 0 Å². The van der Waals surface area contributed by atoms with Crippen molar-refractivity contribution < 1.29 is 9.90 Å². The van der Waals surface area contributed by atoms with Gasteiger partial charge in [-0.1, -0.05) is 48.0 Å². The van der Waals surface area contributed by atoms with Gasteiger partial charge in [0.2, 0.25) is 0 Å². The molecule has 1 N–H and O–H groups in total. The van der Waals surface area contributed by atoms with E-state index < -0.39 is 5.97 Å². The molecule has 0 unspecified atom stereocenters. The molecule has 3 rings (SSSR count). The average Bonchev–Trinajstić information content (AvgIpc) is 2.53. The van der Waals surface area contributed by atoms with Crippen LogP contribution in [0.5, 0.6) is 0 Å². The number of aromatic nitrogens is 1. The quantitative estimate of drug-likeness (QED) is 0.759. The maximum atomic E-state index is 11.4. The van der Waals surface area contributed by atoms with E-state index in [0.717, 1.165) is 5.56 Å². The molecular formula is C18H12ClNO2. The van der Waals surface area contributed by atoms with Crippen LogP contribution in [-0.4, -0.2) is 16.1 Å². The van der Waals surface area contributed by atoms with E-state index in [0.29, 0.717) is 21.6 Å². The van der Waals surface area contributed by atoms with Crippen LogP contribution < -0.4 is 0 Å². The highest BCUT2D eigenvalue weighted by Crippen LogP contribution is 2.20. The van der Waals surface area contributed by atoms with Crippen molar-refractivity contribution in [2.24, 2.45) is 0 Å². The third-order valence-electron chi connectivity index (χ3n) is 3.28. The largest absolute Gasteiger partial charge is 0.478 e. The van der Waals surface area contributed by atoms with Gasteiger partial charge in [0, 0.05) is 10.4 Å². The fraction of sp³-hybridized carbons (Fsp3) is 0. The Balaban J connectivity index is 2.04. The molecular weight excluding hydrogens is 298 g/mol. The molecule has 0 aliphatic carbocycles. The van der Waals surface area contributed by atoms with E-state index >= 15 is 0 Å². The fourth-order valence-corrected chi connectivity index (χ4v) is 2.34. The van der Waals surface area contributed by atoms with Gasteiger partial charge in [0.05, 0.1) is 16.8 Å². The lowest BCUT2D eigenvalue weighted by Gasteiger charge is -2.04. The molecule has 22 heavy (non-hydrogen) atoms. The molecule has 0 radical (unpaired) electrons. The molecule has 3 aromatic rings. The zero-order valence-corrected chi connectivity index (χ0v) is 12.3. The predicted molar refractivity (Wildman–Crippen MR) is 89.1 cm³/mol. The molecule has 0 spiro atoms. The maximum absolute atomic E-state index is 11.4. The molecule has 0 atom stereocenters. The van der Waals surface area contributed by atoms with Crippen molar-refractivity contribution in [3.8, 4) is 0 Å². The van der Waals surface area contributed by atoms with Gasteiger partial charge in [-0.3, -0.25) is 0 Å². The summed E-state index contributed by atoms with van der Waals surface area (Å²) in [5.74, 6) is -0.959. The van der Waals surface area contributed by atoms with Gasteiger partial charge < -0.3 is 5.11 Å². The van der Waals surface area contributed by atoms with Crippen LogP contribution >= 0.6 is 11.6 Å². The predicted octanol–water partition coefficient (Wildman–Crippen LogP) is 4.76. The molecule has 0 saturated carbocycles. The topological polar surface area (TPSA) is 50.2 Å². The van der Waals surface area contributed by atoms with Crippen molar-refractivity contribution >= 4 is 40.6 Å². The van der Waals surface area contributed by atoms with Crippen LogP contribution in [-0.2, 0) is 0 Å². The van der Waals surface area contributed by atoms with Gasteiger partial charge >= 0.3 is 5.97 Å². The first kappa shape index (κ1) is 14.3.